The average Bonchev–Trinajstić information content (AvgIpc) is 2.82. The van der Waals surface area contributed by atoms with Crippen molar-refractivity contribution < 1.29 is 14.7 Å². The van der Waals surface area contributed by atoms with E-state index in [-0.39, 0.29) is 18.4 Å². The second kappa shape index (κ2) is 6.35. The van der Waals surface area contributed by atoms with Crippen LogP contribution < -0.4 is 5.32 Å². The van der Waals surface area contributed by atoms with Gasteiger partial charge in [0.05, 0.1) is 11.5 Å². The average molecular weight is 311 g/mol. The molecule has 1 aromatic carbocycles. The number of nitrogens with one attached hydrogen (secondary N) is 1. The van der Waals surface area contributed by atoms with Gasteiger partial charge in [-0.05, 0) is 31.0 Å². The van der Waals surface area contributed by atoms with Gasteiger partial charge < -0.3 is 15.3 Å². The molecule has 1 heterocycles. The molecule has 2 atom stereocenters. The predicted octanol–water partition coefficient (Wildman–Crippen LogP) is 2.56. The molecule has 21 heavy (non-hydrogen) atoms. The number of amides is 1. The van der Waals surface area contributed by atoms with Crippen LogP contribution in [0.25, 0.3) is 0 Å². The van der Waals surface area contributed by atoms with Crippen molar-refractivity contribution in [1.29, 1.82) is 0 Å². The van der Waals surface area contributed by atoms with Crippen LogP contribution in [0.15, 0.2) is 18.2 Å². The number of carboxylic acids is 1. The molecule has 5 nitrogen and oxygen atoms in total. The van der Waals surface area contributed by atoms with E-state index in [0.29, 0.717) is 23.7 Å². The first-order chi connectivity index (χ1) is 9.93. The van der Waals surface area contributed by atoms with Crippen LogP contribution in [0.2, 0.25) is 5.02 Å². The highest BCUT2D eigenvalue weighted by molar-refractivity contribution is 6.31. The summed E-state index contributed by atoms with van der Waals surface area (Å²) >= 11 is 5.98. The molecular formula is C15H19ClN2O3. The minimum atomic E-state index is -0.851. The number of carbonyl (C=O) groups excluding carboxylic acids is 1. The van der Waals surface area contributed by atoms with Crippen LogP contribution >= 0.6 is 11.6 Å². The normalized spacial score (nSPS) is 21.4. The summed E-state index contributed by atoms with van der Waals surface area (Å²) in [6.45, 7) is 5.19. The van der Waals surface area contributed by atoms with Crippen LogP contribution in [0, 0.1) is 11.8 Å². The van der Waals surface area contributed by atoms with Crippen molar-refractivity contribution in [3.63, 3.8) is 0 Å². The first-order valence-corrected chi connectivity index (χ1v) is 7.37. The first kappa shape index (κ1) is 15.6. The van der Waals surface area contributed by atoms with Crippen molar-refractivity contribution in [3.8, 4) is 0 Å². The maximum Gasteiger partial charge on any atom is 0.308 e. The molecule has 1 aliphatic heterocycles. The summed E-state index contributed by atoms with van der Waals surface area (Å²) in [5.74, 6) is -1.58. The predicted molar refractivity (Wildman–Crippen MR) is 81.8 cm³/mol. The molecule has 1 fully saturated rings. The molecule has 6 heteroatoms. The summed E-state index contributed by atoms with van der Waals surface area (Å²) in [7, 11) is 0. The van der Waals surface area contributed by atoms with Gasteiger partial charge in [-0.25, -0.2) is 0 Å². The summed E-state index contributed by atoms with van der Waals surface area (Å²) in [6, 6.07) is 5.12. The Balaban J connectivity index is 2.24. The fourth-order valence-corrected chi connectivity index (χ4v) is 2.83. The lowest BCUT2D eigenvalue weighted by atomic mass is 9.99. The van der Waals surface area contributed by atoms with Gasteiger partial charge in [0, 0.05) is 30.3 Å². The van der Waals surface area contributed by atoms with Gasteiger partial charge in [0.1, 0.15) is 0 Å². The number of anilines is 1. The van der Waals surface area contributed by atoms with E-state index in [1.807, 2.05) is 13.8 Å². The van der Waals surface area contributed by atoms with Crippen molar-refractivity contribution in [2.24, 2.45) is 11.8 Å². The van der Waals surface area contributed by atoms with E-state index in [0.717, 1.165) is 5.69 Å². The van der Waals surface area contributed by atoms with E-state index in [4.69, 9.17) is 16.7 Å². The van der Waals surface area contributed by atoms with Crippen molar-refractivity contribution in [3.05, 3.63) is 28.8 Å². The van der Waals surface area contributed by atoms with Crippen LogP contribution in [0.5, 0.6) is 0 Å². The number of nitrogens with zero attached hydrogens (tertiary/aromatic N) is 1. The van der Waals surface area contributed by atoms with E-state index < -0.39 is 11.9 Å². The second-order valence-electron chi connectivity index (χ2n) is 5.35. The summed E-state index contributed by atoms with van der Waals surface area (Å²) in [4.78, 5) is 25.4. The smallest absolute Gasteiger partial charge is 0.308 e. The molecule has 0 bridgehead atoms. The highest BCUT2D eigenvalue weighted by Crippen LogP contribution is 2.28. The minimum absolute atomic E-state index is 0.0479. The molecule has 0 unspecified atom stereocenters. The molecule has 1 aliphatic rings. The van der Waals surface area contributed by atoms with Crippen molar-refractivity contribution in [2.45, 2.75) is 13.8 Å². The molecular weight excluding hydrogens is 292 g/mol. The van der Waals surface area contributed by atoms with Crippen molar-refractivity contribution in [1.82, 2.24) is 4.90 Å². The summed E-state index contributed by atoms with van der Waals surface area (Å²) in [5.41, 5.74) is 1.21. The van der Waals surface area contributed by atoms with Crippen LogP contribution in [0.4, 0.5) is 5.69 Å². The number of hydrogen-bond acceptors (Lipinski definition) is 3. The molecule has 0 spiro atoms. The summed E-state index contributed by atoms with van der Waals surface area (Å²) in [5, 5.41) is 12.8. The lowest BCUT2D eigenvalue weighted by Crippen LogP contribution is -2.30. The second-order valence-corrected chi connectivity index (χ2v) is 5.79. The van der Waals surface area contributed by atoms with Gasteiger partial charge in [0.15, 0.2) is 0 Å². The highest BCUT2D eigenvalue weighted by atomic mass is 35.5. The Morgan fingerprint density at radius 1 is 1.43 bits per heavy atom. The van der Waals surface area contributed by atoms with E-state index in [1.165, 1.54) is 0 Å². The monoisotopic (exact) mass is 310 g/mol. The highest BCUT2D eigenvalue weighted by Gasteiger charge is 2.37. The van der Waals surface area contributed by atoms with E-state index in [1.54, 1.807) is 23.1 Å². The Bertz CT molecular complexity index is 562. The molecule has 0 aromatic heterocycles. The number of likely N-dealkylation sites (tertiary alicyclic amines) is 1. The third kappa shape index (κ3) is 3.29. The third-order valence-electron chi connectivity index (χ3n) is 3.80. The van der Waals surface area contributed by atoms with Crippen molar-refractivity contribution >= 4 is 29.2 Å². The number of halogens is 1. The lowest BCUT2D eigenvalue weighted by Gasteiger charge is -2.19. The Morgan fingerprint density at radius 3 is 2.71 bits per heavy atom. The number of rotatable bonds is 4. The van der Waals surface area contributed by atoms with E-state index in [2.05, 4.69) is 5.32 Å². The van der Waals surface area contributed by atoms with Crippen molar-refractivity contribution in [2.75, 3.05) is 25.0 Å². The molecule has 1 saturated heterocycles. The number of carbonyl (C=O) groups is 2. The maximum absolute atomic E-state index is 12.6. The zero-order valence-electron chi connectivity index (χ0n) is 12.1. The zero-order chi connectivity index (χ0) is 15.6. The molecule has 2 N–H and O–H groups in total. The molecule has 1 aromatic rings. The fraction of sp³-hybridized carbons (Fsp3) is 0.467. The largest absolute Gasteiger partial charge is 0.481 e. The molecule has 1 amide bonds. The lowest BCUT2D eigenvalue weighted by molar-refractivity contribution is -0.142. The van der Waals surface area contributed by atoms with Gasteiger partial charge in [-0.2, -0.15) is 0 Å². The van der Waals surface area contributed by atoms with E-state index in [9.17, 15) is 9.59 Å². The molecule has 114 valence electrons. The Labute approximate surface area is 128 Å². The molecule has 0 radical (unpaired) electrons. The first-order valence-electron chi connectivity index (χ1n) is 6.99. The topological polar surface area (TPSA) is 69.6 Å². The number of aliphatic carboxylic acids is 1. The quantitative estimate of drug-likeness (QED) is 0.896. The van der Waals surface area contributed by atoms with Crippen LogP contribution in [0.3, 0.4) is 0 Å². The van der Waals surface area contributed by atoms with Crippen LogP contribution in [-0.4, -0.2) is 41.5 Å². The summed E-state index contributed by atoms with van der Waals surface area (Å²) < 4.78 is 0. The van der Waals surface area contributed by atoms with Gasteiger partial charge in [-0.1, -0.05) is 18.5 Å². The molecule has 2 rings (SSSR count). The Kier molecular flexibility index (Phi) is 4.73. The number of benzene rings is 1. The maximum atomic E-state index is 12.6. The Morgan fingerprint density at radius 2 is 2.14 bits per heavy atom. The van der Waals surface area contributed by atoms with E-state index >= 15 is 0 Å². The minimum Gasteiger partial charge on any atom is -0.481 e. The van der Waals surface area contributed by atoms with Crippen LogP contribution in [-0.2, 0) is 4.79 Å². The standard InChI is InChI=1S/C15H19ClN2O3/c1-3-17-13-5-4-10(16)6-11(13)14(19)18-7-9(2)12(8-18)15(20)21/h4-6,9,12,17H,3,7-8H2,1-2H3,(H,20,21)/t9-,12-/m1/s1. The summed E-state index contributed by atoms with van der Waals surface area (Å²) in [6.07, 6.45) is 0. The van der Waals surface area contributed by atoms with Gasteiger partial charge >= 0.3 is 5.97 Å². The SMILES string of the molecule is CCNc1ccc(Cl)cc1C(=O)N1C[C@@H](C)[C@H](C(=O)O)C1. The van der Waals surface area contributed by atoms with Crippen LogP contribution in [0.1, 0.15) is 24.2 Å². The third-order valence-corrected chi connectivity index (χ3v) is 4.03. The van der Waals surface area contributed by atoms with Gasteiger partial charge in [-0.15, -0.1) is 0 Å². The number of carboxylic acid groups (broad SMARTS) is 1. The fourth-order valence-electron chi connectivity index (χ4n) is 2.66. The molecule has 0 saturated carbocycles. The molecule has 0 aliphatic carbocycles. The zero-order valence-corrected chi connectivity index (χ0v) is 12.9. The van der Waals surface area contributed by atoms with Gasteiger partial charge in [0.2, 0.25) is 0 Å². The van der Waals surface area contributed by atoms with Gasteiger partial charge in [0.25, 0.3) is 5.91 Å². The number of hydrogen-bond donors (Lipinski definition) is 2. The Hall–Kier alpha value is -1.75. The van der Waals surface area contributed by atoms with Gasteiger partial charge in [-0.3, -0.25) is 9.59 Å².